The van der Waals surface area contributed by atoms with Crippen molar-refractivity contribution in [2.45, 2.75) is 44.1 Å². The van der Waals surface area contributed by atoms with Crippen LogP contribution in [0.3, 0.4) is 0 Å². The highest BCUT2D eigenvalue weighted by Crippen LogP contribution is 2.37. The first kappa shape index (κ1) is 31.8. The van der Waals surface area contributed by atoms with E-state index in [1.165, 1.54) is 11.3 Å². The van der Waals surface area contributed by atoms with Gasteiger partial charge in [0.1, 0.15) is 0 Å². The lowest BCUT2D eigenvalue weighted by molar-refractivity contribution is -0.143. The lowest BCUT2D eigenvalue weighted by Gasteiger charge is -2.41. The molecule has 238 valence electrons. The van der Waals surface area contributed by atoms with E-state index < -0.39 is 41.0 Å². The zero-order chi connectivity index (χ0) is 31.5. The summed E-state index contributed by atoms with van der Waals surface area (Å²) in [6.45, 7) is 3.84. The molecule has 0 aliphatic carbocycles. The number of carbonyl (C=O) groups is 2. The summed E-state index contributed by atoms with van der Waals surface area (Å²) < 4.78 is 81.3. The van der Waals surface area contributed by atoms with Gasteiger partial charge in [0.2, 0.25) is 5.91 Å². The summed E-state index contributed by atoms with van der Waals surface area (Å²) in [5.74, 6) is -1.10. The predicted molar refractivity (Wildman–Crippen MR) is 153 cm³/mol. The van der Waals surface area contributed by atoms with Crippen LogP contribution in [0.2, 0.25) is 0 Å². The Balaban J connectivity index is 1.35. The van der Waals surface area contributed by atoms with Gasteiger partial charge in [-0.3, -0.25) is 14.5 Å². The molecule has 2 amide bonds. The van der Waals surface area contributed by atoms with Gasteiger partial charge in [0, 0.05) is 61.4 Å². The summed E-state index contributed by atoms with van der Waals surface area (Å²) in [7, 11) is 0. The van der Waals surface area contributed by atoms with Crippen LogP contribution in [0.1, 0.15) is 46.3 Å². The Morgan fingerprint density at radius 2 is 1.55 bits per heavy atom. The van der Waals surface area contributed by atoms with Gasteiger partial charge in [0.15, 0.2) is 0 Å². The van der Waals surface area contributed by atoms with Crippen molar-refractivity contribution < 1.29 is 35.9 Å². The minimum Gasteiger partial charge on any atom is -0.361 e. The van der Waals surface area contributed by atoms with Gasteiger partial charge in [-0.2, -0.15) is 26.3 Å². The first-order chi connectivity index (χ1) is 20.9. The Labute approximate surface area is 251 Å². The molecule has 1 atom stereocenters. The number of hydrogen-bond acceptors (Lipinski definition) is 4. The molecule has 2 N–H and O–H groups in total. The highest BCUT2D eigenvalue weighted by Gasteiger charge is 2.39. The van der Waals surface area contributed by atoms with Crippen molar-refractivity contribution in [1.82, 2.24) is 25.0 Å². The number of aromatic nitrogens is 1. The Kier molecular flexibility index (Phi) is 9.54. The highest BCUT2D eigenvalue weighted by molar-refractivity contribution is 5.95. The second-order valence-corrected chi connectivity index (χ2v) is 11.5. The van der Waals surface area contributed by atoms with Crippen LogP contribution in [0.5, 0.6) is 0 Å². The SMILES string of the molecule is O=C(CN1CCN(C(=O)c2cc(C(F)(F)F)cc(C(F)(F)F)c2)C(Cc2c[nH]c3ccccc23)C1)NCCN1CCCCC1. The van der Waals surface area contributed by atoms with Gasteiger partial charge in [0.25, 0.3) is 5.91 Å². The molecule has 3 aromatic rings. The van der Waals surface area contributed by atoms with Crippen molar-refractivity contribution in [3.05, 3.63) is 70.9 Å². The van der Waals surface area contributed by atoms with Crippen LogP contribution in [-0.4, -0.2) is 89.9 Å². The number of halogens is 6. The summed E-state index contributed by atoms with van der Waals surface area (Å²) in [6, 6.07) is 7.84. The molecule has 1 unspecified atom stereocenters. The van der Waals surface area contributed by atoms with E-state index in [4.69, 9.17) is 0 Å². The predicted octanol–water partition coefficient (Wildman–Crippen LogP) is 5.18. The Morgan fingerprint density at radius 1 is 0.864 bits per heavy atom. The summed E-state index contributed by atoms with van der Waals surface area (Å²) in [4.78, 5) is 35.1. The van der Waals surface area contributed by atoms with E-state index >= 15 is 0 Å². The zero-order valence-electron chi connectivity index (χ0n) is 24.1. The van der Waals surface area contributed by atoms with Crippen LogP contribution < -0.4 is 5.32 Å². The Hall–Kier alpha value is -3.58. The van der Waals surface area contributed by atoms with Gasteiger partial charge in [-0.25, -0.2) is 0 Å². The topological polar surface area (TPSA) is 71.7 Å². The molecule has 2 aromatic carbocycles. The normalized spacial score (nSPS) is 19.0. The molecule has 2 fully saturated rings. The average molecular weight is 624 g/mol. The summed E-state index contributed by atoms with van der Waals surface area (Å²) in [5.41, 5.74) is -2.06. The number of likely N-dealkylation sites (tertiary alicyclic amines) is 1. The number of carbonyl (C=O) groups excluding carboxylic acids is 2. The number of piperidine rings is 1. The van der Waals surface area contributed by atoms with E-state index in [1.54, 1.807) is 6.20 Å². The monoisotopic (exact) mass is 623 g/mol. The van der Waals surface area contributed by atoms with Crippen molar-refractivity contribution in [2.24, 2.45) is 0 Å². The quantitative estimate of drug-likeness (QED) is 0.340. The van der Waals surface area contributed by atoms with Gasteiger partial charge < -0.3 is 20.1 Å². The van der Waals surface area contributed by atoms with Crippen LogP contribution in [0.4, 0.5) is 26.3 Å². The molecular weight excluding hydrogens is 588 g/mol. The molecule has 0 bridgehead atoms. The Bertz CT molecular complexity index is 1430. The van der Waals surface area contributed by atoms with E-state index in [0.29, 0.717) is 18.7 Å². The Morgan fingerprint density at radius 3 is 2.23 bits per heavy atom. The minimum absolute atomic E-state index is 0.0159. The van der Waals surface area contributed by atoms with E-state index in [0.717, 1.165) is 48.9 Å². The maximum absolute atomic E-state index is 13.7. The van der Waals surface area contributed by atoms with E-state index in [9.17, 15) is 35.9 Å². The molecule has 5 rings (SSSR count). The second-order valence-electron chi connectivity index (χ2n) is 11.5. The number of H-pyrrole nitrogens is 1. The number of amides is 2. The third kappa shape index (κ3) is 7.73. The molecule has 13 heteroatoms. The van der Waals surface area contributed by atoms with Crippen LogP contribution in [0.15, 0.2) is 48.7 Å². The smallest absolute Gasteiger partial charge is 0.361 e. The van der Waals surface area contributed by atoms with Crippen LogP contribution in [0.25, 0.3) is 10.9 Å². The third-order valence-electron chi connectivity index (χ3n) is 8.36. The molecule has 1 aromatic heterocycles. The molecule has 0 saturated carbocycles. The number of hydrogen-bond donors (Lipinski definition) is 2. The highest BCUT2D eigenvalue weighted by atomic mass is 19.4. The van der Waals surface area contributed by atoms with Crippen LogP contribution in [-0.2, 0) is 23.6 Å². The molecule has 3 heterocycles. The number of nitrogens with one attached hydrogen (secondary N) is 2. The second kappa shape index (κ2) is 13.2. The molecule has 0 spiro atoms. The number of piperazine rings is 1. The number of aromatic amines is 1. The minimum atomic E-state index is -5.07. The van der Waals surface area contributed by atoms with E-state index in [-0.39, 0.29) is 44.6 Å². The molecule has 2 saturated heterocycles. The maximum Gasteiger partial charge on any atom is 0.416 e. The van der Waals surface area contributed by atoms with Crippen molar-refractivity contribution in [3.63, 3.8) is 0 Å². The molecule has 7 nitrogen and oxygen atoms in total. The summed E-state index contributed by atoms with van der Waals surface area (Å²) in [6.07, 6.45) is -4.56. The molecule has 0 radical (unpaired) electrons. The van der Waals surface area contributed by atoms with E-state index in [1.807, 2.05) is 29.2 Å². The first-order valence-corrected chi connectivity index (χ1v) is 14.8. The van der Waals surface area contributed by atoms with Gasteiger partial charge in [-0.15, -0.1) is 0 Å². The average Bonchev–Trinajstić information content (AvgIpc) is 3.39. The number of nitrogens with zero attached hydrogens (tertiary/aromatic N) is 3. The fraction of sp³-hybridized carbons (Fsp3) is 0.484. The van der Waals surface area contributed by atoms with Crippen molar-refractivity contribution in [3.8, 4) is 0 Å². The number of para-hydroxylation sites is 1. The fourth-order valence-electron chi connectivity index (χ4n) is 6.10. The first-order valence-electron chi connectivity index (χ1n) is 14.8. The van der Waals surface area contributed by atoms with Crippen molar-refractivity contribution in [2.75, 3.05) is 52.4 Å². The van der Waals surface area contributed by atoms with Crippen LogP contribution >= 0.6 is 0 Å². The number of fused-ring (bicyclic) bond motifs is 1. The number of alkyl halides is 6. The molecule has 2 aliphatic rings. The zero-order valence-corrected chi connectivity index (χ0v) is 24.1. The standard InChI is InChI=1S/C31H35F6N5O2/c32-30(33,34)23-14-21(15-24(17-23)31(35,36)37)29(44)42-13-12-41(20-28(43)38-8-11-40-9-4-1-5-10-40)19-25(42)16-22-18-39-27-7-3-2-6-26(22)27/h2-3,6-7,14-15,17-18,25,39H,1,4-5,8-13,16,19-20H2,(H,38,43). The largest absolute Gasteiger partial charge is 0.416 e. The van der Waals surface area contributed by atoms with Crippen molar-refractivity contribution >= 4 is 22.7 Å². The summed E-state index contributed by atoms with van der Waals surface area (Å²) >= 11 is 0. The van der Waals surface area contributed by atoms with Crippen molar-refractivity contribution in [1.29, 1.82) is 0 Å². The molecular formula is C31H35F6N5O2. The maximum atomic E-state index is 13.7. The van der Waals surface area contributed by atoms with Crippen LogP contribution in [0, 0.1) is 0 Å². The van der Waals surface area contributed by atoms with Gasteiger partial charge in [-0.05, 0) is 62.2 Å². The van der Waals surface area contributed by atoms with E-state index in [2.05, 4.69) is 15.2 Å². The fourth-order valence-corrected chi connectivity index (χ4v) is 6.10. The number of benzene rings is 2. The summed E-state index contributed by atoms with van der Waals surface area (Å²) in [5, 5.41) is 3.84. The van der Waals surface area contributed by atoms with Gasteiger partial charge in [-0.1, -0.05) is 24.6 Å². The number of rotatable bonds is 8. The lowest BCUT2D eigenvalue weighted by Crippen LogP contribution is -2.57. The third-order valence-corrected chi connectivity index (χ3v) is 8.36. The van der Waals surface area contributed by atoms with Gasteiger partial charge >= 0.3 is 12.4 Å². The lowest BCUT2D eigenvalue weighted by atomic mass is 9.98. The molecule has 44 heavy (non-hydrogen) atoms. The van der Waals surface area contributed by atoms with Gasteiger partial charge in [0.05, 0.1) is 17.7 Å². The molecule has 2 aliphatic heterocycles.